The number of rotatable bonds is 13. The van der Waals surface area contributed by atoms with Crippen molar-refractivity contribution in [2.75, 3.05) is 33.4 Å². The fourth-order valence-corrected chi connectivity index (χ4v) is 8.55. The van der Waals surface area contributed by atoms with Crippen molar-refractivity contribution in [1.82, 2.24) is 14.8 Å². The number of aromatic nitrogens is 1. The first-order valence-corrected chi connectivity index (χ1v) is 19.8. The van der Waals surface area contributed by atoms with Gasteiger partial charge in [-0.3, -0.25) is 19.4 Å². The Kier molecular flexibility index (Phi) is 13.5. The number of hydrogen-bond donors (Lipinski definition) is 0. The van der Waals surface area contributed by atoms with Crippen LogP contribution in [-0.2, 0) is 43.4 Å². The molecule has 3 aromatic rings. The summed E-state index contributed by atoms with van der Waals surface area (Å²) in [4.78, 5) is 46.7. The van der Waals surface area contributed by atoms with Gasteiger partial charge in [-0.15, -0.1) is 11.3 Å². The van der Waals surface area contributed by atoms with Crippen LogP contribution in [0.1, 0.15) is 97.8 Å². The number of likely N-dealkylation sites (tertiary alicyclic amines) is 2. The van der Waals surface area contributed by atoms with Crippen LogP contribution in [0.3, 0.4) is 0 Å². The molecular formula is C41H46F6N4O6S. The van der Waals surface area contributed by atoms with Gasteiger partial charge in [-0.05, 0) is 69.2 Å². The van der Waals surface area contributed by atoms with Gasteiger partial charge in [0.1, 0.15) is 16.3 Å². The van der Waals surface area contributed by atoms with Gasteiger partial charge in [-0.1, -0.05) is 37.6 Å². The summed E-state index contributed by atoms with van der Waals surface area (Å²) in [7, 11) is 1.32. The van der Waals surface area contributed by atoms with E-state index in [0.29, 0.717) is 29.7 Å². The van der Waals surface area contributed by atoms with E-state index in [1.807, 2.05) is 18.2 Å². The molecule has 2 fully saturated rings. The lowest BCUT2D eigenvalue weighted by Crippen LogP contribution is -2.68. The van der Waals surface area contributed by atoms with Gasteiger partial charge in [0.25, 0.3) is 11.8 Å². The highest BCUT2D eigenvalue weighted by Gasteiger charge is 2.57. The minimum atomic E-state index is -4.92. The summed E-state index contributed by atoms with van der Waals surface area (Å²) in [6, 6.07) is 11.1. The van der Waals surface area contributed by atoms with Crippen molar-refractivity contribution in [3.8, 4) is 11.8 Å². The minimum Gasteiger partial charge on any atom is -0.474 e. The molecule has 2 aromatic heterocycles. The number of piperidine rings is 2. The molecule has 0 N–H and O–H groups in total. The molecule has 10 nitrogen and oxygen atoms in total. The van der Waals surface area contributed by atoms with Gasteiger partial charge in [0.2, 0.25) is 5.60 Å². The van der Waals surface area contributed by atoms with Gasteiger partial charge in [0, 0.05) is 50.3 Å². The molecule has 2 atom stereocenters. The molecule has 2 amide bonds. The van der Waals surface area contributed by atoms with E-state index >= 15 is 4.79 Å². The summed E-state index contributed by atoms with van der Waals surface area (Å²) in [6.45, 7) is 5.65. The van der Waals surface area contributed by atoms with Crippen LogP contribution < -0.4 is 4.74 Å². The van der Waals surface area contributed by atoms with E-state index < -0.39 is 62.8 Å². The number of ether oxygens (including phenoxy) is 3. The molecule has 314 valence electrons. The molecule has 0 unspecified atom stereocenters. The number of nitrogens with zero attached hydrogens (tertiary/aromatic N) is 4. The molecule has 2 saturated heterocycles. The molecule has 5 rings (SSSR count). The van der Waals surface area contributed by atoms with E-state index in [4.69, 9.17) is 14.2 Å². The number of thiophene rings is 1. The molecule has 2 aliphatic rings. The zero-order chi connectivity index (χ0) is 42.5. The Morgan fingerprint density at radius 1 is 1.00 bits per heavy atom. The standard InChI is InChI=1S/C41H46F6N4O6S/c1-5-10-31-39(57-28-23-32(58-25-28)41(45,46)47,14-9-19-51(31)34(52)33-30(40(42,43)44)13-8-18-49-33)35(53)50-20-15-38(26-48,16-21-50)29-12-7-6-11-27(29)24-56-22-17-37(2,3)36(54)55-4/h6-8,11-13,18,23,25,31H,5,9-10,14-17,19-22,24H2,1-4H3/t31-,39+/m1/s1. The summed E-state index contributed by atoms with van der Waals surface area (Å²) in [6.07, 6.45) is -7.39. The van der Waals surface area contributed by atoms with Crippen LogP contribution >= 0.6 is 11.3 Å². The lowest BCUT2D eigenvalue weighted by atomic mass is 9.71. The van der Waals surface area contributed by atoms with Gasteiger partial charge in [0.15, 0.2) is 0 Å². The Morgan fingerprint density at radius 3 is 2.33 bits per heavy atom. The Bertz CT molecular complexity index is 1990. The molecular weight excluding hydrogens is 791 g/mol. The first-order valence-electron chi connectivity index (χ1n) is 19.0. The van der Waals surface area contributed by atoms with Gasteiger partial charge < -0.3 is 24.0 Å². The Labute approximate surface area is 337 Å². The topological polar surface area (TPSA) is 122 Å². The van der Waals surface area contributed by atoms with E-state index in [0.717, 1.165) is 40.2 Å². The summed E-state index contributed by atoms with van der Waals surface area (Å²) < 4.78 is 101. The second-order valence-electron chi connectivity index (χ2n) is 15.3. The molecule has 0 aliphatic carbocycles. The van der Waals surface area contributed by atoms with Crippen molar-refractivity contribution in [2.45, 2.75) is 102 Å². The van der Waals surface area contributed by atoms with Crippen molar-refractivity contribution < 1.29 is 54.9 Å². The maximum Gasteiger partial charge on any atom is 0.425 e. The monoisotopic (exact) mass is 836 g/mol. The molecule has 0 spiro atoms. The highest BCUT2D eigenvalue weighted by Crippen LogP contribution is 2.44. The van der Waals surface area contributed by atoms with Crippen LogP contribution in [0.4, 0.5) is 26.3 Å². The van der Waals surface area contributed by atoms with Crippen LogP contribution in [0.2, 0.25) is 0 Å². The van der Waals surface area contributed by atoms with Crippen LogP contribution in [-0.4, -0.2) is 77.6 Å². The number of alkyl halides is 6. The lowest BCUT2D eigenvalue weighted by molar-refractivity contribution is -0.160. The number of halogens is 6. The van der Waals surface area contributed by atoms with Crippen molar-refractivity contribution in [1.29, 1.82) is 5.26 Å². The number of nitriles is 1. The molecule has 2 aliphatic heterocycles. The first kappa shape index (κ1) is 44.4. The summed E-state index contributed by atoms with van der Waals surface area (Å²) in [5.41, 5.74) is -4.49. The number of carbonyl (C=O) groups excluding carboxylic acids is 3. The normalized spacial score (nSPS) is 20.0. The summed E-state index contributed by atoms with van der Waals surface area (Å²) in [5, 5.41) is 11.8. The predicted octanol–water partition coefficient (Wildman–Crippen LogP) is 8.59. The average molecular weight is 837 g/mol. The highest BCUT2D eigenvalue weighted by atomic mass is 32.1. The van der Waals surface area contributed by atoms with Crippen LogP contribution in [0.25, 0.3) is 0 Å². The van der Waals surface area contributed by atoms with E-state index in [1.165, 1.54) is 12.0 Å². The van der Waals surface area contributed by atoms with Crippen molar-refractivity contribution >= 4 is 29.1 Å². The second-order valence-corrected chi connectivity index (χ2v) is 16.2. The third kappa shape index (κ3) is 9.28. The number of carbonyl (C=O) groups is 3. The number of benzene rings is 1. The largest absolute Gasteiger partial charge is 0.474 e. The van der Waals surface area contributed by atoms with Crippen molar-refractivity contribution in [2.24, 2.45) is 5.41 Å². The van der Waals surface area contributed by atoms with Crippen molar-refractivity contribution in [3.05, 3.63) is 81.3 Å². The van der Waals surface area contributed by atoms with Gasteiger partial charge >= 0.3 is 18.3 Å². The molecule has 0 bridgehead atoms. The van der Waals surface area contributed by atoms with Gasteiger partial charge in [-0.25, -0.2) is 0 Å². The fraction of sp³-hybridized carbons (Fsp3) is 0.537. The number of pyridine rings is 1. The van der Waals surface area contributed by atoms with Crippen molar-refractivity contribution in [3.63, 3.8) is 0 Å². The Balaban J connectivity index is 1.46. The molecule has 17 heteroatoms. The molecule has 0 saturated carbocycles. The third-order valence-electron chi connectivity index (χ3n) is 11.0. The Morgan fingerprint density at radius 2 is 1.71 bits per heavy atom. The smallest absolute Gasteiger partial charge is 0.425 e. The molecule has 58 heavy (non-hydrogen) atoms. The third-order valence-corrected chi connectivity index (χ3v) is 12.0. The zero-order valence-electron chi connectivity index (χ0n) is 32.7. The maximum absolute atomic E-state index is 15.0. The van der Waals surface area contributed by atoms with Gasteiger partial charge in [0.05, 0.1) is 42.2 Å². The fourth-order valence-electron chi connectivity index (χ4n) is 7.88. The number of esters is 1. The predicted molar refractivity (Wildman–Crippen MR) is 201 cm³/mol. The molecule has 4 heterocycles. The zero-order valence-corrected chi connectivity index (χ0v) is 33.5. The summed E-state index contributed by atoms with van der Waals surface area (Å²) in [5.74, 6) is -2.35. The molecule has 0 radical (unpaired) electrons. The molecule has 1 aromatic carbocycles. The van der Waals surface area contributed by atoms with Crippen LogP contribution in [0, 0.1) is 16.7 Å². The highest BCUT2D eigenvalue weighted by molar-refractivity contribution is 7.10. The average Bonchev–Trinajstić information content (AvgIpc) is 3.68. The summed E-state index contributed by atoms with van der Waals surface area (Å²) >= 11 is 0.369. The number of methoxy groups -OCH3 is 1. The number of amides is 2. The SMILES string of the molecule is CCC[C@H]1N(C(=O)c2ncccc2C(F)(F)F)CCC[C@@]1(Oc1csc(C(F)(F)F)c1)C(=O)N1CCC(C#N)(c2ccccc2COCCC(C)(C)C(=O)OC)CC1. The van der Waals surface area contributed by atoms with Crippen LogP contribution in [0.15, 0.2) is 54.0 Å². The second kappa shape index (κ2) is 17.7. The lowest BCUT2D eigenvalue weighted by Gasteiger charge is -2.51. The quantitative estimate of drug-likeness (QED) is 0.0954. The number of hydrogen-bond acceptors (Lipinski definition) is 9. The van der Waals surface area contributed by atoms with E-state index in [9.17, 15) is 41.2 Å². The van der Waals surface area contributed by atoms with E-state index in [2.05, 4.69) is 11.1 Å². The van der Waals surface area contributed by atoms with E-state index in [-0.39, 0.29) is 76.7 Å². The van der Waals surface area contributed by atoms with E-state index in [1.54, 1.807) is 26.8 Å². The van der Waals surface area contributed by atoms with Gasteiger partial charge in [-0.2, -0.15) is 31.6 Å². The van der Waals surface area contributed by atoms with Crippen LogP contribution in [0.5, 0.6) is 5.75 Å². The Hall–Kier alpha value is -4.69. The maximum atomic E-state index is 15.0. The minimum absolute atomic E-state index is 0.0305. The first-order chi connectivity index (χ1) is 27.3.